The molecule has 0 spiro atoms. The van der Waals surface area contributed by atoms with E-state index in [4.69, 9.17) is 4.74 Å². The predicted molar refractivity (Wildman–Crippen MR) is 112 cm³/mol. The molecule has 2 amide bonds. The van der Waals surface area contributed by atoms with Crippen LogP contribution in [0.4, 0.5) is 4.79 Å². The first-order chi connectivity index (χ1) is 13.0. The summed E-state index contributed by atoms with van der Waals surface area (Å²) in [4.78, 5) is 26.8. The lowest BCUT2D eigenvalue weighted by atomic mass is 10.1. The van der Waals surface area contributed by atoms with Gasteiger partial charge in [-0.2, -0.15) is 0 Å². The van der Waals surface area contributed by atoms with Gasteiger partial charge in [0.2, 0.25) is 0 Å². The van der Waals surface area contributed by atoms with E-state index in [0.717, 1.165) is 33.8 Å². The Kier molecular flexibility index (Phi) is 6.39. The van der Waals surface area contributed by atoms with Crippen molar-refractivity contribution < 1.29 is 14.3 Å². The molecular weight excluding hydrogens is 426 g/mol. The van der Waals surface area contributed by atoms with Gasteiger partial charge in [0.15, 0.2) is 0 Å². The van der Waals surface area contributed by atoms with Gasteiger partial charge in [-0.15, -0.1) is 0 Å². The monoisotopic (exact) mass is 445 g/mol. The van der Waals surface area contributed by atoms with Crippen molar-refractivity contribution in [2.24, 2.45) is 0 Å². The molecule has 2 aromatic rings. The summed E-state index contributed by atoms with van der Waals surface area (Å²) >= 11 is 4.35. The Morgan fingerprint density at radius 2 is 1.85 bits per heavy atom. The number of amides is 2. The van der Waals surface area contributed by atoms with Gasteiger partial charge in [0.1, 0.15) is 5.75 Å². The van der Waals surface area contributed by atoms with Crippen LogP contribution in [0.5, 0.6) is 5.75 Å². The second-order valence-corrected chi connectivity index (χ2v) is 8.18. The molecule has 1 fully saturated rings. The number of para-hydroxylation sites is 1. The van der Waals surface area contributed by atoms with Crippen LogP contribution in [0.25, 0.3) is 6.08 Å². The van der Waals surface area contributed by atoms with Crippen LogP contribution in [0, 0.1) is 0 Å². The van der Waals surface area contributed by atoms with Crippen molar-refractivity contribution in [1.82, 2.24) is 4.90 Å². The zero-order chi connectivity index (χ0) is 19.4. The zero-order valence-electron chi connectivity index (χ0n) is 15.1. The summed E-state index contributed by atoms with van der Waals surface area (Å²) < 4.78 is 6.89. The highest BCUT2D eigenvalue weighted by Crippen LogP contribution is 2.35. The minimum absolute atomic E-state index is 0.0759. The highest BCUT2D eigenvalue weighted by molar-refractivity contribution is 9.10. The van der Waals surface area contributed by atoms with Gasteiger partial charge in [-0.3, -0.25) is 14.5 Å². The molecule has 0 aliphatic carbocycles. The fourth-order valence-electron chi connectivity index (χ4n) is 2.56. The molecule has 0 radical (unpaired) electrons. The highest BCUT2D eigenvalue weighted by atomic mass is 79.9. The number of carbonyl (C=O) groups excluding carboxylic acids is 2. The Balaban J connectivity index is 1.81. The average molecular weight is 446 g/mol. The average Bonchev–Trinajstić information content (AvgIpc) is 2.92. The molecule has 3 rings (SSSR count). The van der Waals surface area contributed by atoms with E-state index in [9.17, 15) is 9.59 Å². The van der Waals surface area contributed by atoms with E-state index in [1.54, 1.807) is 6.08 Å². The van der Waals surface area contributed by atoms with E-state index in [0.29, 0.717) is 10.7 Å². The van der Waals surface area contributed by atoms with Crippen molar-refractivity contribution in [3.63, 3.8) is 0 Å². The summed E-state index contributed by atoms with van der Waals surface area (Å²) in [7, 11) is 0. The van der Waals surface area contributed by atoms with Gasteiger partial charge in [0.25, 0.3) is 11.1 Å². The summed E-state index contributed by atoms with van der Waals surface area (Å²) in [6.45, 7) is 4.32. The molecule has 1 heterocycles. The van der Waals surface area contributed by atoms with Crippen molar-refractivity contribution in [2.75, 3.05) is 0 Å². The second-order valence-electron chi connectivity index (χ2n) is 6.27. The first kappa shape index (κ1) is 19.7. The summed E-state index contributed by atoms with van der Waals surface area (Å²) in [6.07, 6.45) is 2.70. The minimum atomic E-state index is -0.272. The van der Waals surface area contributed by atoms with Crippen LogP contribution >= 0.6 is 27.7 Å². The first-order valence-electron chi connectivity index (χ1n) is 8.73. The van der Waals surface area contributed by atoms with Crippen LogP contribution in [0.1, 0.15) is 31.4 Å². The summed E-state index contributed by atoms with van der Waals surface area (Å²) in [5.74, 6) is 0.442. The smallest absolute Gasteiger partial charge is 0.293 e. The third-order valence-electron chi connectivity index (χ3n) is 4.24. The molecule has 4 nitrogen and oxygen atoms in total. The number of halogens is 1. The van der Waals surface area contributed by atoms with Crippen LogP contribution in [0.2, 0.25) is 0 Å². The molecule has 1 aliphatic rings. The van der Waals surface area contributed by atoms with E-state index < -0.39 is 0 Å². The molecule has 140 valence electrons. The maximum Gasteiger partial charge on any atom is 0.293 e. The molecule has 2 aromatic carbocycles. The number of rotatable bonds is 6. The number of thioether (sulfide) groups is 1. The van der Waals surface area contributed by atoms with Gasteiger partial charge < -0.3 is 4.74 Å². The number of imide groups is 1. The van der Waals surface area contributed by atoms with Crippen molar-refractivity contribution in [3.8, 4) is 5.75 Å². The fourth-order valence-corrected chi connectivity index (χ4v) is 3.65. The van der Waals surface area contributed by atoms with E-state index in [-0.39, 0.29) is 23.8 Å². The summed E-state index contributed by atoms with van der Waals surface area (Å²) in [5.41, 5.74) is 1.70. The summed E-state index contributed by atoms with van der Waals surface area (Å²) in [5, 5.41) is -0.255. The number of benzene rings is 2. The predicted octanol–water partition coefficient (Wildman–Crippen LogP) is 5.86. The minimum Gasteiger partial charge on any atom is -0.490 e. The van der Waals surface area contributed by atoms with E-state index in [2.05, 4.69) is 22.9 Å². The van der Waals surface area contributed by atoms with Gasteiger partial charge in [-0.05, 0) is 54.9 Å². The van der Waals surface area contributed by atoms with Gasteiger partial charge >= 0.3 is 0 Å². The van der Waals surface area contributed by atoms with Crippen LogP contribution in [-0.4, -0.2) is 22.2 Å². The fraction of sp³-hybridized carbons (Fsp3) is 0.238. The standard InChI is InChI=1S/C21H20BrNO3S/c1-3-14(2)26-18-7-5-4-6-16(18)12-19-20(24)23(21(25)27-19)13-15-8-10-17(22)11-9-15/h4-12,14H,3,13H2,1-2H3/b19-12+/t14-/m1/s1. The lowest BCUT2D eigenvalue weighted by Crippen LogP contribution is -2.27. The van der Waals surface area contributed by atoms with Crippen molar-refractivity contribution >= 4 is 44.9 Å². The maximum absolute atomic E-state index is 12.7. The van der Waals surface area contributed by atoms with E-state index in [1.807, 2.05) is 55.5 Å². The number of hydrogen-bond acceptors (Lipinski definition) is 4. The molecule has 27 heavy (non-hydrogen) atoms. The van der Waals surface area contributed by atoms with Gasteiger partial charge in [-0.1, -0.05) is 53.2 Å². The Morgan fingerprint density at radius 1 is 1.15 bits per heavy atom. The van der Waals surface area contributed by atoms with Crippen LogP contribution in [0.3, 0.4) is 0 Å². The maximum atomic E-state index is 12.7. The molecule has 1 aliphatic heterocycles. The van der Waals surface area contributed by atoms with Gasteiger partial charge in [0.05, 0.1) is 17.6 Å². The topological polar surface area (TPSA) is 46.6 Å². The Bertz CT molecular complexity index is 879. The SMILES string of the molecule is CC[C@@H](C)Oc1ccccc1/C=C1/SC(=O)N(Cc2ccc(Br)cc2)C1=O. The Morgan fingerprint density at radius 3 is 2.56 bits per heavy atom. The quantitative estimate of drug-likeness (QED) is 0.522. The summed E-state index contributed by atoms with van der Waals surface area (Å²) in [6, 6.07) is 15.1. The third-order valence-corrected chi connectivity index (χ3v) is 5.67. The normalized spacial score (nSPS) is 16.9. The largest absolute Gasteiger partial charge is 0.490 e. The molecule has 1 atom stereocenters. The molecule has 6 heteroatoms. The zero-order valence-corrected chi connectivity index (χ0v) is 17.5. The number of ether oxygens (including phenoxy) is 1. The van der Waals surface area contributed by atoms with Crippen LogP contribution in [-0.2, 0) is 11.3 Å². The highest BCUT2D eigenvalue weighted by Gasteiger charge is 2.35. The molecule has 0 bridgehead atoms. The lowest BCUT2D eigenvalue weighted by molar-refractivity contribution is -0.123. The first-order valence-corrected chi connectivity index (χ1v) is 10.3. The molecular formula is C21H20BrNO3S. The number of nitrogens with zero attached hydrogens (tertiary/aromatic N) is 1. The molecule has 0 aromatic heterocycles. The number of carbonyl (C=O) groups is 2. The van der Waals surface area contributed by atoms with Crippen molar-refractivity contribution in [1.29, 1.82) is 0 Å². The molecule has 0 N–H and O–H groups in total. The number of hydrogen-bond donors (Lipinski definition) is 0. The van der Waals surface area contributed by atoms with Gasteiger partial charge in [-0.25, -0.2) is 0 Å². The van der Waals surface area contributed by atoms with Crippen molar-refractivity contribution in [2.45, 2.75) is 32.9 Å². The van der Waals surface area contributed by atoms with E-state index in [1.165, 1.54) is 4.90 Å². The lowest BCUT2D eigenvalue weighted by Gasteiger charge is -2.15. The molecule has 1 saturated heterocycles. The second kappa shape index (κ2) is 8.76. The van der Waals surface area contributed by atoms with Crippen LogP contribution in [0.15, 0.2) is 57.9 Å². The van der Waals surface area contributed by atoms with Crippen molar-refractivity contribution in [3.05, 3.63) is 69.0 Å². The Labute approximate surface area is 171 Å². The Hall–Kier alpha value is -2.05. The molecule has 0 unspecified atom stereocenters. The van der Waals surface area contributed by atoms with Crippen LogP contribution < -0.4 is 4.74 Å². The van der Waals surface area contributed by atoms with E-state index >= 15 is 0 Å². The third kappa shape index (κ3) is 4.82. The van der Waals surface area contributed by atoms with Gasteiger partial charge in [0, 0.05) is 10.0 Å². The molecule has 0 saturated carbocycles.